The summed E-state index contributed by atoms with van der Waals surface area (Å²) in [7, 11) is 4.74. The molecule has 0 spiro atoms. The van der Waals surface area contributed by atoms with Crippen LogP contribution in [0.3, 0.4) is 0 Å². The predicted octanol–water partition coefficient (Wildman–Crippen LogP) is 5.50. The van der Waals surface area contributed by atoms with Gasteiger partial charge in [0.1, 0.15) is 13.7 Å². The number of benzene rings is 2. The van der Waals surface area contributed by atoms with E-state index in [0.717, 1.165) is 38.0 Å². The van der Waals surface area contributed by atoms with Crippen LogP contribution in [0.1, 0.15) is 41.1 Å². The molecule has 10 nitrogen and oxygen atoms in total. The highest BCUT2D eigenvalue weighted by atomic mass is 35.5. The Labute approximate surface area is 284 Å². The molecule has 1 atom stereocenters. The van der Waals surface area contributed by atoms with E-state index in [2.05, 4.69) is 15.4 Å². The maximum Gasteiger partial charge on any atom is 0.317 e. The summed E-state index contributed by atoms with van der Waals surface area (Å²) in [4.78, 5) is 50.8. The van der Waals surface area contributed by atoms with Gasteiger partial charge in [0.15, 0.2) is 0 Å². The van der Waals surface area contributed by atoms with Gasteiger partial charge in [-0.1, -0.05) is 57.6 Å². The molecule has 0 saturated carbocycles. The number of oxime groups is 1. The van der Waals surface area contributed by atoms with E-state index in [1.165, 1.54) is 7.11 Å². The van der Waals surface area contributed by atoms with Crippen molar-refractivity contribution in [3.8, 4) is 0 Å². The third-order valence-corrected chi connectivity index (χ3v) is 9.48. The van der Waals surface area contributed by atoms with E-state index in [0.29, 0.717) is 50.9 Å². The Balaban J connectivity index is 1.44. The molecule has 0 radical (unpaired) electrons. The van der Waals surface area contributed by atoms with E-state index < -0.39 is 0 Å². The smallest absolute Gasteiger partial charge is 0.317 e. The fraction of sp³-hybridized carbons (Fsp3) is 0.484. The van der Waals surface area contributed by atoms with Crippen LogP contribution >= 0.6 is 46.4 Å². The van der Waals surface area contributed by atoms with Crippen molar-refractivity contribution in [2.24, 2.45) is 5.16 Å². The molecule has 2 saturated heterocycles. The second-order valence-corrected chi connectivity index (χ2v) is 12.9. The van der Waals surface area contributed by atoms with Crippen molar-refractivity contribution in [2.45, 2.75) is 31.2 Å². The van der Waals surface area contributed by atoms with Crippen LogP contribution in [0.5, 0.6) is 0 Å². The quantitative estimate of drug-likeness (QED) is 0.261. The highest BCUT2D eigenvalue weighted by Gasteiger charge is 2.33. The van der Waals surface area contributed by atoms with E-state index in [-0.39, 0.29) is 42.9 Å². The van der Waals surface area contributed by atoms with Crippen molar-refractivity contribution < 1.29 is 19.2 Å². The average molecular weight is 700 g/mol. The molecule has 0 bridgehead atoms. The summed E-state index contributed by atoms with van der Waals surface area (Å²) < 4.78 is 0. The first-order valence-corrected chi connectivity index (χ1v) is 16.3. The maximum absolute atomic E-state index is 13.3. The standard InChI is InChI=1S/C31H38Cl4N6O4/c1-36-31(44)40-12-13-41(29(42)19-40)24-6-9-39(10-7-24)11-8-25(20-4-5-26(34)27(35)16-20)28(37-45-3)18-38(2)30(43)21-14-22(32)17-23(33)15-21/h4-5,14-17,24-25H,6-13,18-19H2,1-3H3,(H,36,44)/b37-28+. The predicted molar refractivity (Wildman–Crippen MR) is 179 cm³/mol. The zero-order valence-electron chi connectivity index (χ0n) is 25.6. The van der Waals surface area contributed by atoms with Gasteiger partial charge in [-0.3, -0.25) is 9.59 Å². The summed E-state index contributed by atoms with van der Waals surface area (Å²) >= 11 is 25.0. The molecule has 1 unspecified atom stereocenters. The molecule has 2 heterocycles. The molecular formula is C31H38Cl4N6O4. The molecule has 2 aromatic carbocycles. The van der Waals surface area contributed by atoms with Gasteiger partial charge in [-0.05, 0) is 61.7 Å². The van der Waals surface area contributed by atoms with Gasteiger partial charge >= 0.3 is 6.03 Å². The summed E-state index contributed by atoms with van der Waals surface area (Å²) in [6, 6.07) is 10.2. The van der Waals surface area contributed by atoms with Gasteiger partial charge in [0.25, 0.3) is 5.91 Å². The lowest BCUT2D eigenvalue weighted by Gasteiger charge is -2.42. The molecule has 45 heavy (non-hydrogen) atoms. The number of hydrogen-bond donors (Lipinski definition) is 1. The van der Waals surface area contributed by atoms with Crippen molar-refractivity contribution in [1.82, 2.24) is 24.9 Å². The summed E-state index contributed by atoms with van der Waals surface area (Å²) in [5.74, 6) is -0.499. The number of nitrogens with zero attached hydrogens (tertiary/aromatic N) is 5. The number of halogens is 4. The fourth-order valence-corrected chi connectivity index (χ4v) is 6.79. The van der Waals surface area contributed by atoms with E-state index in [4.69, 9.17) is 51.2 Å². The summed E-state index contributed by atoms with van der Waals surface area (Å²) in [5.41, 5.74) is 1.92. The summed E-state index contributed by atoms with van der Waals surface area (Å²) in [5, 5.41) is 8.58. The molecule has 4 amide bonds. The number of urea groups is 1. The SMILES string of the molecule is CNC(=O)N1CCN(C2CCN(CCC(/C(CN(C)C(=O)c3cc(Cl)cc(Cl)c3)=N/OC)c3ccc(Cl)c(Cl)c3)CC2)C(=O)C1. The molecule has 0 aliphatic carbocycles. The molecule has 0 aromatic heterocycles. The number of hydrogen-bond acceptors (Lipinski definition) is 6. The van der Waals surface area contributed by atoms with Gasteiger partial charge in [-0.25, -0.2) is 4.79 Å². The van der Waals surface area contributed by atoms with Gasteiger partial charge in [-0.15, -0.1) is 0 Å². The third-order valence-electron chi connectivity index (χ3n) is 8.30. The highest BCUT2D eigenvalue weighted by molar-refractivity contribution is 6.42. The molecule has 2 aliphatic rings. The van der Waals surface area contributed by atoms with Gasteiger partial charge in [0, 0.05) is 67.8 Å². The Morgan fingerprint density at radius 1 is 1.02 bits per heavy atom. The Bertz CT molecular complexity index is 1400. The van der Waals surface area contributed by atoms with Crippen LogP contribution in [-0.2, 0) is 9.63 Å². The lowest BCUT2D eigenvalue weighted by atomic mass is 9.89. The maximum atomic E-state index is 13.3. The molecule has 4 rings (SSSR count). The van der Waals surface area contributed by atoms with Crippen molar-refractivity contribution in [3.63, 3.8) is 0 Å². The number of piperidine rings is 1. The molecule has 2 aromatic rings. The number of likely N-dealkylation sites (tertiary alicyclic amines) is 1. The molecule has 2 aliphatic heterocycles. The summed E-state index contributed by atoms with van der Waals surface area (Å²) in [6.07, 6.45) is 2.38. The number of rotatable bonds is 10. The largest absolute Gasteiger partial charge is 0.399 e. The number of carbonyl (C=O) groups is 3. The third kappa shape index (κ3) is 9.16. The van der Waals surface area contributed by atoms with Crippen LogP contribution in [0.4, 0.5) is 4.79 Å². The minimum Gasteiger partial charge on any atom is -0.399 e. The second-order valence-electron chi connectivity index (χ2n) is 11.2. The van der Waals surface area contributed by atoms with E-state index in [1.807, 2.05) is 17.0 Å². The van der Waals surface area contributed by atoms with Crippen LogP contribution in [0.2, 0.25) is 20.1 Å². The number of nitrogens with one attached hydrogen (secondary N) is 1. The van der Waals surface area contributed by atoms with Crippen molar-refractivity contribution in [1.29, 1.82) is 0 Å². The molecule has 14 heteroatoms. The van der Waals surface area contributed by atoms with Gasteiger partial charge in [-0.2, -0.15) is 0 Å². The van der Waals surface area contributed by atoms with Gasteiger partial charge in [0.2, 0.25) is 5.91 Å². The minimum atomic E-state index is -0.260. The van der Waals surface area contributed by atoms with Gasteiger partial charge in [0.05, 0.1) is 22.3 Å². The topological polar surface area (TPSA) is 97.8 Å². The number of amides is 4. The highest BCUT2D eigenvalue weighted by Crippen LogP contribution is 2.31. The van der Waals surface area contributed by atoms with Crippen LogP contribution in [-0.4, -0.2) is 116 Å². The molecule has 2 fully saturated rings. The van der Waals surface area contributed by atoms with E-state index >= 15 is 0 Å². The lowest BCUT2D eigenvalue weighted by Crippen LogP contribution is -2.58. The van der Waals surface area contributed by atoms with Crippen molar-refractivity contribution in [2.75, 3.05) is 67.0 Å². The zero-order valence-corrected chi connectivity index (χ0v) is 28.6. The van der Waals surface area contributed by atoms with Crippen LogP contribution in [0, 0.1) is 0 Å². The van der Waals surface area contributed by atoms with Crippen molar-refractivity contribution in [3.05, 3.63) is 67.6 Å². The lowest BCUT2D eigenvalue weighted by molar-refractivity contribution is -0.138. The Hall–Kier alpha value is -2.76. The Morgan fingerprint density at radius 3 is 2.31 bits per heavy atom. The van der Waals surface area contributed by atoms with E-state index in [1.54, 1.807) is 48.2 Å². The minimum absolute atomic E-state index is 0.0119. The number of piperazine rings is 1. The van der Waals surface area contributed by atoms with Crippen molar-refractivity contribution >= 4 is 70.0 Å². The molecule has 1 N–H and O–H groups in total. The Kier molecular flexibility index (Phi) is 12.6. The first-order chi connectivity index (χ1) is 21.5. The first-order valence-electron chi connectivity index (χ1n) is 14.8. The normalized spacial score (nSPS) is 17.3. The van der Waals surface area contributed by atoms with Crippen LogP contribution in [0.15, 0.2) is 41.6 Å². The van der Waals surface area contributed by atoms with E-state index in [9.17, 15) is 14.4 Å². The second kappa shape index (κ2) is 16.2. The zero-order chi connectivity index (χ0) is 32.7. The summed E-state index contributed by atoms with van der Waals surface area (Å²) in [6.45, 7) is 3.77. The molecular weight excluding hydrogens is 662 g/mol. The average Bonchev–Trinajstić information content (AvgIpc) is 3.01. The van der Waals surface area contributed by atoms with Crippen LogP contribution in [0.25, 0.3) is 0 Å². The first kappa shape index (κ1) is 35.1. The monoisotopic (exact) mass is 698 g/mol. The Morgan fingerprint density at radius 2 is 1.71 bits per heavy atom. The van der Waals surface area contributed by atoms with Crippen LogP contribution < -0.4 is 5.32 Å². The number of carbonyl (C=O) groups excluding carboxylic acids is 3. The fourth-order valence-electron chi connectivity index (χ4n) is 5.96. The molecule has 244 valence electrons. The van der Waals surface area contributed by atoms with Gasteiger partial charge < -0.3 is 29.8 Å².